The van der Waals surface area contributed by atoms with Crippen LogP contribution in [0.25, 0.3) is 6.08 Å². The summed E-state index contributed by atoms with van der Waals surface area (Å²) < 4.78 is 25.6. The highest BCUT2D eigenvalue weighted by Crippen LogP contribution is 2.26. The molecular formula is C15H25F2N. The third-order valence-electron chi connectivity index (χ3n) is 1.86. The molecule has 3 heteroatoms. The summed E-state index contributed by atoms with van der Waals surface area (Å²) in [4.78, 5) is 0. The molecule has 104 valence electrons. The van der Waals surface area contributed by atoms with Gasteiger partial charge in [0.1, 0.15) is 0 Å². The summed E-state index contributed by atoms with van der Waals surface area (Å²) in [6.07, 6.45) is 3.58. The van der Waals surface area contributed by atoms with Gasteiger partial charge in [-0.25, -0.2) is 8.78 Å². The van der Waals surface area contributed by atoms with Gasteiger partial charge in [-0.05, 0) is 5.56 Å². The van der Waals surface area contributed by atoms with Crippen molar-refractivity contribution in [2.24, 2.45) is 5.73 Å². The topological polar surface area (TPSA) is 26.0 Å². The van der Waals surface area contributed by atoms with Crippen molar-refractivity contribution in [3.63, 3.8) is 0 Å². The molecule has 0 aliphatic carbocycles. The molecule has 0 atom stereocenters. The predicted molar refractivity (Wildman–Crippen MR) is 76.8 cm³/mol. The second-order valence-corrected chi connectivity index (χ2v) is 3.15. The Hall–Kier alpha value is -1.22. The molecule has 0 heterocycles. The van der Waals surface area contributed by atoms with Crippen molar-refractivity contribution in [3.05, 3.63) is 41.5 Å². The van der Waals surface area contributed by atoms with Crippen LogP contribution in [0.2, 0.25) is 0 Å². The second-order valence-electron chi connectivity index (χ2n) is 3.15. The van der Waals surface area contributed by atoms with Crippen molar-refractivity contribution in [2.45, 2.75) is 40.5 Å². The van der Waals surface area contributed by atoms with Gasteiger partial charge in [0.2, 0.25) is 0 Å². The molecule has 0 saturated heterocycles. The molecule has 18 heavy (non-hydrogen) atoms. The largest absolute Gasteiger partial charge is 0.327 e. The van der Waals surface area contributed by atoms with Crippen LogP contribution in [0.1, 0.15) is 45.7 Å². The molecule has 0 bridgehead atoms. The Balaban J connectivity index is 0. The first-order valence-corrected chi connectivity index (χ1v) is 6.39. The third-order valence-corrected chi connectivity index (χ3v) is 1.86. The molecule has 0 unspecified atom stereocenters. The van der Waals surface area contributed by atoms with E-state index in [0.717, 1.165) is 12.5 Å². The number of hydrogen-bond acceptors (Lipinski definition) is 1. The van der Waals surface area contributed by atoms with Gasteiger partial charge in [-0.2, -0.15) is 0 Å². The van der Waals surface area contributed by atoms with Gasteiger partial charge < -0.3 is 5.73 Å². The lowest BCUT2D eigenvalue weighted by Gasteiger charge is -2.09. The molecule has 1 aromatic carbocycles. The predicted octanol–water partition coefficient (Wildman–Crippen LogP) is 4.82. The molecule has 0 aliphatic heterocycles. The normalized spacial score (nSPS) is 10.2. The average Bonchev–Trinajstić information content (AvgIpc) is 2.40. The van der Waals surface area contributed by atoms with Gasteiger partial charge in [0.15, 0.2) is 0 Å². The van der Waals surface area contributed by atoms with Crippen LogP contribution in [-0.2, 0) is 5.92 Å². The van der Waals surface area contributed by atoms with Crippen LogP contribution in [0, 0.1) is 0 Å². The fourth-order valence-corrected chi connectivity index (χ4v) is 1.09. The van der Waals surface area contributed by atoms with Gasteiger partial charge in [-0.1, -0.05) is 64.1 Å². The molecule has 0 aromatic heterocycles. The van der Waals surface area contributed by atoms with Gasteiger partial charge in [0.25, 0.3) is 5.92 Å². The summed E-state index contributed by atoms with van der Waals surface area (Å²) in [5.41, 5.74) is 6.18. The van der Waals surface area contributed by atoms with E-state index in [0.29, 0.717) is 6.54 Å². The highest BCUT2D eigenvalue weighted by molar-refractivity contribution is 5.50. The van der Waals surface area contributed by atoms with E-state index in [-0.39, 0.29) is 5.56 Å². The van der Waals surface area contributed by atoms with E-state index in [2.05, 4.69) is 0 Å². The molecule has 0 spiro atoms. The van der Waals surface area contributed by atoms with E-state index in [9.17, 15) is 8.78 Å². The first kappa shape index (κ1) is 19.1. The first-order valence-electron chi connectivity index (χ1n) is 6.39. The van der Waals surface area contributed by atoms with Crippen molar-refractivity contribution in [1.82, 2.24) is 0 Å². The minimum atomic E-state index is -2.77. The third kappa shape index (κ3) is 7.96. The summed E-state index contributed by atoms with van der Waals surface area (Å²) >= 11 is 0. The standard InChI is InChI=1S/C11H13F2N.2C2H6/c1-11(12,13)10-6-4-9(5-7-10)3-2-8-14;2*1-2/h2-7H,8,14H2,1H3;2*1-2H3/b3-2+;;. The van der Waals surface area contributed by atoms with E-state index >= 15 is 0 Å². The number of benzene rings is 1. The Morgan fingerprint density at radius 3 is 1.83 bits per heavy atom. The summed E-state index contributed by atoms with van der Waals surface area (Å²) in [5.74, 6) is -2.77. The maximum atomic E-state index is 12.8. The number of alkyl halides is 2. The fourth-order valence-electron chi connectivity index (χ4n) is 1.09. The van der Waals surface area contributed by atoms with Crippen molar-refractivity contribution in [2.75, 3.05) is 6.54 Å². The van der Waals surface area contributed by atoms with E-state index in [1.165, 1.54) is 12.1 Å². The summed E-state index contributed by atoms with van der Waals surface area (Å²) in [6.45, 7) is 9.34. The minimum absolute atomic E-state index is 0.0300. The van der Waals surface area contributed by atoms with Gasteiger partial charge in [-0.15, -0.1) is 0 Å². The van der Waals surface area contributed by atoms with E-state index < -0.39 is 5.92 Å². The van der Waals surface area contributed by atoms with Gasteiger partial charge in [0.05, 0.1) is 0 Å². The lowest BCUT2D eigenvalue weighted by atomic mass is 10.1. The first-order chi connectivity index (χ1) is 8.54. The van der Waals surface area contributed by atoms with Crippen LogP contribution in [0.5, 0.6) is 0 Å². The maximum Gasteiger partial charge on any atom is 0.270 e. The Kier molecular flexibility index (Phi) is 11.6. The lowest BCUT2D eigenvalue weighted by molar-refractivity contribution is 0.0175. The Morgan fingerprint density at radius 1 is 1.06 bits per heavy atom. The molecular weight excluding hydrogens is 232 g/mol. The summed E-state index contributed by atoms with van der Waals surface area (Å²) in [5, 5.41) is 0. The molecule has 1 rings (SSSR count). The highest BCUT2D eigenvalue weighted by Gasteiger charge is 2.23. The molecule has 0 fully saturated rings. The molecule has 0 radical (unpaired) electrons. The quantitative estimate of drug-likeness (QED) is 0.825. The van der Waals surface area contributed by atoms with Crippen LogP contribution >= 0.6 is 0 Å². The molecule has 0 amide bonds. The Labute approximate surface area is 110 Å². The Morgan fingerprint density at radius 2 is 1.50 bits per heavy atom. The zero-order valence-electron chi connectivity index (χ0n) is 12.0. The van der Waals surface area contributed by atoms with Crippen LogP contribution in [0.3, 0.4) is 0 Å². The SMILES string of the molecule is CC.CC.CC(F)(F)c1ccc(/C=C/CN)cc1. The average molecular weight is 257 g/mol. The monoisotopic (exact) mass is 257 g/mol. The zero-order valence-corrected chi connectivity index (χ0v) is 12.0. The van der Waals surface area contributed by atoms with Gasteiger partial charge >= 0.3 is 0 Å². The molecule has 0 aliphatic rings. The smallest absolute Gasteiger partial charge is 0.270 e. The zero-order chi connectivity index (χ0) is 14.6. The number of nitrogens with two attached hydrogens (primary N) is 1. The van der Waals surface area contributed by atoms with Crippen LogP contribution in [0.4, 0.5) is 8.78 Å². The highest BCUT2D eigenvalue weighted by atomic mass is 19.3. The Bertz CT molecular complexity index is 310. The van der Waals surface area contributed by atoms with Crippen LogP contribution < -0.4 is 5.73 Å². The lowest BCUT2D eigenvalue weighted by Crippen LogP contribution is -2.06. The van der Waals surface area contributed by atoms with Crippen molar-refractivity contribution >= 4 is 6.08 Å². The van der Waals surface area contributed by atoms with Crippen molar-refractivity contribution in [3.8, 4) is 0 Å². The van der Waals surface area contributed by atoms with E-state index in [4.69, 9.17) is 5.73 Å². The number of rotatable bonds is 3. The molecule has 1 nitrogen and oxygen atoms in total. The van der Waals surface area contributed by atoms with E-state index in [1.54, 1.807) is 24.3 Å². The van der Waals surface area contributed by atoms with Crippen molar-refractivity contribution in [1.29, 1.82) is 0 Å². The molecule has 2 N–H and O–H groups in total. The maximum absolute atomic E-state index is 12.8. The second kappa shape index (κ2) is 10.9. The number of hydrogen-bond donors (Lipinski definition) is 1. The van der Waals surface area contributed by atoms with E-state index in [1.807, 2.05) is 27.7 Å². The number of halogens is 2. The van der Waals surface area contributed by atoms with Crippen molar-refractivity contribution < 1.29 is 8.78 Å². The summed E-state index contributed by atoms with van der Waals surface area (Å²) in [6, 6.07) is 6.16. The van der Waals surface area contributed by atoms with Gasteiger partial charge in [-0.3, -0.25) is 0 Å². The fraction of sp³-hybridized carbons (Fsp3) is 0.467. The minimum Gasteiger partial charge on any atom is -0.327 e. The molecule has 0 saturated carbocycles. The van der Waals surface area contributed by atoms with Gasteiger partial charge in [0, 0.05) is 19.0 Å². The molecule has 1 aromatic rings. The van der Waals surface area contributed by atoms with Crippen LogP contribution in [0.15, 0.2) is 30.3 Å². The van der Waals surface area contributed by atoms with Crippen LogP contribution in [-0.4, -0.2) is 6.54 Å². The summed E-state index contributed by atoms with van der Waals surface area (Å²) in [7, 11) is 0.